The molecule has 0 aliphatic carbocycles. The fourth-order valence-corrected chi connectivity index (χ4v) is 0.581. The van der Waals surface area contributed by atoms with Crippen LogP contribution in [-0.4, -0.2) is 22.3 Å². The number of carbonyl (C=O) groups is 2. The molecule has 5 heteroatoms. The van der Waals surface area contributed by atoms with Crippen LogP contribution in [0.25, 0.3) is 0 Å². The van der Waals surface area contributed by atoms with E-state index in [1.165, 1.54) is 0 Å². The first kappa shape index (κ1) is 15.4. The molecule has 0 amide bonds. The van der Waals surface area contributed by atoms with E-state index in [2.05, 4.69) is 4.89 Å². The Labute approximate surface area is 83.6 Å². The zero-order valence-electron chi connectivity index (χ0n) is 8.65. The number of aliphatic carboxylic acids is 1. The maximum absolute atomic E-state index is 10.1. The average molecular weight is 206 g/mol. The van der Waals surface area contributed by atoms with Gasteiger partial charge in [0.1, 0.15) is 0 Å². The van der Waals surface area contributed by atoms with Crippen molar-refractivity contribution in [1.29, 1.82) is 0 Å². The van der Waals surface area contributed by atoms with Crippen LogP contribution >= 0.6 is 0 Å². The van der Waals surface area contributed by atoms with Gasteiger partial charge in [-0.1, -0.05) is 20.3 Å². The van der Waals surface area contributed by atoms with E-state index < -0.39 is 11.9 Å². The maximum Gasteiger partial charge on any atom is 0.342 e. The summed E-state index contributed by atoms with van der Waals surface area (Å²) < 4.78 is 0. The quantitative estimate of drug-likeness (QED) is 0.531. The Bertz CT molecular complexity index is 155. The van der Waals surface area contributed by atoms with Gasteiger partial charge in [0.25, 0.3) is 0 Å². The molecule has 0 aromatic carbocycles. The van der Waals surface area contributed by atoms with Crippen molar-refractivity contribution in [2.24, 2.45) is 0 Å². The van der Waals surface area contributed by atoms with Gasteiger partial charge < -0.3 is 9.99 Å². The van der Waals surface area contributed by atoms with E-state index in [9.17, 15) is 9.59 Å². The van der Waals surface area contributed by atoms with E-state index in [4.69, 9.17) is 10.4 Å². The van der Waals surface area contributed by atoms with E-state index in [1.807, 2.05) is 13.8 Å². The molecule has 0 unspecified atom stereocenters. The minimum absolute atomic E-state index is 0.292. The largest absolute Gasteiger partial charge is 0.481 e. The molecule has 0 rings (SSSR count). The van der Waals surface area contributed by atoms with Crippen LogP contribution in [0, 0.1) is 0 Å². The van der Waals surface area contributed by atoms with Crippen molar-refractivity contribution in [1.82, 2.24) is 0 Å². The van der Waals surface area contributed by atoms with E-state index >= 15 is 0 Å². The minimum Gasteiger partial charge on any atom is -0.481 e. The molecule has 0 aromatic heterocycles. The van der Waals surface area contributed by atoms with Crippen LogP contribution in [0.3, 0.4) is 0 Å². The third kappa shape index (κ3) is 17.1. The Morgan fingerprint density at radius 1 is 1.14 bits per heavy atom. The fraction of sp³-hybridized carbons (Fsp3) is 0.778. The SMILES string of the molecule is CCCC(=O)O.CCCCC(=O)OO. The maximum atomic E-state index is 10.1. The Kier molecular flexibility index (Phi) is 13.1. The van der Waals surface area contributed by atoms with Gasteiger partial charge in [-0.3, -0.25) is 4.79 Å². The topological polar surface area (TPSA) is 83.8 Å². The standard InChI is InChI=1S/C5H10O3.C4H8O2/c1-2-3-4-5(6)8-7;1-2-3-4(5)6/h7H,2-4H2,1H3;2-3H2,1H3,(H,5,6). The number of carbonyl (C=O) groups excluding carboxylic acids is 1. The summed E-state index contributed by atoms with van der Waals surface area (Å²) in [5, 5.41) is 15.6. The molecule has 0 heterocycles. The summed E-state index contributed by atoms with van der Waals surface area (Å²) in [6.45, 7) is 3.80. The van der Waals surface area contributed by atoms with Crippen LogP contribution in [0.4, 0.5) is 0 Å². The summed E-state index contributed by atoms with van der Waals surface area (Å²) in [5.74, 6) is -1.26. The molecule has 0 bridgehead atoms. The first-order chi connectivity index (χ1) is 6.58. The molecule has 0 saturated carbocycles. The Morgan fingerprint density at radius 2 is 1.71 bits per heavy atom. The lowest BCUT2D eigenvalue weighted by molar-refractivity contribution is -0.234. The van der Waals surface area contributed by atoms with Crippen molar-refractivity contribution in [2.75, 3.05) is 0 Å². The highest BCUT2D eigenvalue weighted by molar-refractivity contribution is 5.68. The van der Waals surface area contributed by atoms with Gasteiger partial charge in [0, 0.05) is 12.8 Å². The highest BCUT2D eigenvalue weighted by Crippen LogP contribution is 1.93. The second kappa shape index (κ2) is 11.9. The van der Waals surface area contributed by atoms with Gasteiger partial charge in [0.15, 0.2) is 0 Å². The number of hydrogen-bond donors (Lipinski definition) is 2. The molecule has 0 aliphatic heterocycles. The zero-order valence-corrected chi connectivity index (χ0v) is 8.65. The molecule has 0 atom stereocenters. The monoisotopic (exact) mass is 206 g/mol. The summed E-state index contributed by atoms with van der Waals surface area (Å²) in [6, 6.07) is 0. The van der Waals surface area contributed by atoms with Crippen molar-refractivity contribution in [3.63, 3.8) is 0 Å². The summed E-state index contributed by atoms with van der Waals surface area (Å²) in [7, 11) is 0. The molecule has 0 fully saturated rings. The lowest BCUT2D eigenvalue weighted by atomic mass is 10.3. The number of unbranched alkanes of at least 4 members (excludes halogenated alkanes) is 1. The molecule has 0 aromatic rings. The van der Waals surface area contributed by atoms with Gasteiger partial charge in [-0.05, 0) is 12.8 Å². The number of hydrogen-bond acceptors (Lipinski definition) is 4. The number of rotatable bonds is 5. The zero-order chi connectivity index (χ0) is 11.4. The molecule has 84 valence electrons. The second-order valence-corrected chi connectivity index (χ2v) is 2.71. The molecule has 5 nitrogen and oxygen atoms in total. The molecule has 0 spiro atoms. The predicted octanol–water partition coefficient (Wildman–Crippen LogP) is 2.06. The van der Waals surface area contributed by atoms with Crippen molar-refractivity contribution in [2.45, 2.75) is 46.0 Å². The van der Waals surface area contributed by atoms with Gasteiger partial charge in [-0.2, -0.15) is 5.26 Å². The Hall–Kier alpha value is -1.10. The summed E-state index contributed by atoms with van der Waals surface area (Å²) in [4.78, 5) is 23.1. The summed E-state index contributed by atoms with van der Waals surface area (Å²) >= 11 is 0. The highest BCUT2D eigenvalue weighted by atomic mass is 17.1. The van der Waals surface area contributed by atoms with Gasteiger partial charge in [-0.25, -0.2) is 4.79 Å². The summed E-state index contributed by atoms with van der Waals surface area (Å²) in [6.07, 6.45) is 3.05. The molecule has 2 N–H and O–H groups in total. The highest BCUT2D eigenvalue weighted by Gasteiger charge is 1.97. The molecule has 0 radical (unpaired) electrons. The lowest BCUT2D eigenvalue weighted by Crippen LogP contribution is -1.98. The van der Waals surface area contributed by atoms with E-state index in [-0.39, 0.29) is 0 Å². The van der Waals surface area contributed by atoms with Crippen LogP contribution in [-0.2, 0) is 14.5 Å². The van der Waals surface area contributed by atoms with Gasteiger partial charge >= 0.3 is 11.9 Å². The predicted molar refractivity (Wildman–Crippen MR) is 50.8 cm³/mol. The van der Waals surface area contributed by atoms with Gasteiger partial charge in [0.2, 0.25) is 0 Å². The lowest BCUT2D eigenvalue weighted by Gasteiger charge is -1.90. The second-order valence-electron chi connectivity index (χ2n) is 2.71. The number of carboxylic acid groups (broad SMARTS) is 1. The van der Waals surface area contributed by atoms with Crippen LogP contribution in [0.1, 0.15) is 46.0 Å². The fourth-order valence-electron chi connectivity index (χ4n) is 0.581. The molecule has 0 aliphatic rings. The average Bonchev–Trinajstić information content (AvgIpc) is 2.15. The first-order valence-electron chi connectivity index (χ1n) is 4.64. The Morgan fingerprint density at radius 3 is 1.93 bits per heavy atom. The molecular formula is C9H18O5. The molecule has 0 saturated heterocycles. The van der Waals surface area contributed by atoms with Crippen molar-refractivity contribution < 1.29 is 24.8 Å². The summed E-state index contributed by atoms with van der Waals surface area (Å²) in [5.41, 5.74) is 0. The minimum atomic E-state index is -0.711. The van der Waals surface area contributed by atoms with Crippen molar-refractivity contribution in [3.05, 3.63) is 0 Å². The van der Waals surface area contributed by atoms with Crippen molar-refractivity contribution in [3.8, 4) is 0 Å². The van der Waals surface area contributed by atoms with Crippen LogP contribution in [0.15, 0.2) is 0 Å². The molecule has 14 heavy (non-hydrogen) atoms. The van der Waals surface area contributed by atoms with Crippen LogP contribution in [0.5, 0.6) is 0 Å². The van der Waals surface area contributed by atoms with Crippen LogP contribution < -0.4 is 0 Å². The number of carboxylic acids is 1. The smallest absolute Gasteiger partial charge is 0.342 e. The third-order valence-electron chi connectivity index (χ3n) is 1.30. The van der Waals surface area contributed by atoms with Gasteiger partial charge in [0.05, 0.1) is 0 Å². The Balaban J connectivity index is 0. The first-order valence-corrected chi connectivity index (χ1v) is 4.64. The van der Waals surface area contributed by atoms with E-state index in [1.54, 1.807) is 0 Å². The van der Waals surface area contributed by atoms with Crippen LogP contribution in [0.2, 0.25) is 0 Å². The van der Waals surface area contributed by atoms with E-state index in [0.29, 0.717) is 12.8 Å². The molecular weight excluding hydrogens is 188 g/mol. The van der Waals surface area contributed by atoms with E-state index in [0.717, 1.165) is 19.3 Å². The van der Waals surface area contributed by atoms with Gasteiger partial charge in [-0.15, -0.1) is 0 Å². The van der Waals surface area contributed by atoms with Crippen molar-refractivity contribution >= 4 is 11.9 Å². The normalized spacial score (nSPS) is 8.50. The third-order valence-corrected chi connectivity index (χ3v) is 1.30.